The van der Waals surface area contributed by atoms with E-state index in [0.717, 1.165) is 25.9 Å². The largest absolute Gasteiger partial charge is 0.353 e. The van der Waals surface area contributed by atoms with Gasteiger partial charge in [-0.15, -0.1) is 0 Å². The van der Waals surface area contributed by atoms with Gasteiger partial charge in [-0.1, -0.05) is 23.4 Å². The van der Waals surface area contributed by atoms with Crippen LogP contribution in [0.25, 0.3) is 0 Å². The van der Waals surface area contributed by atoms with Crippen LogP contribution in [0, 0.1) is 17.7 Å². The Morgan fingerprint density at radius 1 is 1.56 bits per heavy atom. The molecule has 1 fully saturated rings. The highest BCUT2D eigenvalue weighted by Gasteiger charge is 2.12. The van der Waals surface area contributed by atoms with E-state index >= 15 is 0 Å². The molecule has 0 N–H and O–H groups in total. The van der Waals surface area contributed by atoms with Crippen LogP contribution in [0.15, 0.2) is 12.3 Å². The average Bonchev–Trinajstić information content (AvgIpc) is 2.38. The van der Waals surface area contributed by atoms with Gasteiger partial charge in [0.15, 0.2) is 6.29 Å². The summed E-state index contributed by atoms with van der Waals surface area (Å²) in [5, 5.41) is 0.0661. The lowest BCUT2D eigenvalue weighted by atomic mass is 10.2. The van der Waals surface area contributed by atoms with Crippen molar-refractivity contribution >= 4 is 11.6 Å². The Balaban J connectivity index is 1.88. The van der Waals surface area contributed by atoms with E-state index < -0.39 is 5.82 Å². The normalized spacial score (nSPS) is 19.1. The van der Waals surface area contributed by atoms with Crippen LogP contribution < -0.4 is 0 Å². The first kappa shape index (κ1) is 13.3. The molecule has 3 nitrogen and oxygen atoms in total. The van der Waals surface area contributed by atoms with E-state index in [-0.39, 0.29) is 23.6 Å². The minimum absolute atomic E-state index is 0.0661. The number of halogens is 2. The Hall–Kier alpha value is -1.15. The first-order valence-electron chi connectivity index (χ1n) is 5.79. The van der Waals surface area contributed by atoms with Crippen LogP contribution in [-0.4, -0.2) is 24.5 Å². The molecular formula is C13H13ClFNO2. The molecule has 2 rings (SSSR count). The van der Waals surface area contributed by atoms with Gasteiger partial charge in [0.2, 0.25) is 0 Å². The summed E-state index contributed by atoms with van der Waals surface area (Å²) < 4.78 is 24.1. The molecule has 0 saturated carbocycles. The lowest BCUT2D eigenvalue weighted by molar-refractivity contribution is -0.154. The molecule has 18 heavy (non-hydrogen) atoms. The molecular weight excluding hydrogens is 257 g/mol. The van der Waals surface area contributed by atoms with E-state index in [2.05, 4.69) is 16.8 Å². The number of nitrogens with zero attached hydrogens (tertiary/aromatic N) is 1. The molecule has 5 heteroatoms. The highest BCUT2D eigenvalue weighted by Crippen LogP contribution is 2.15. The lowest BCUT2D eigenvalue weighted by Crippen LogP contribution is -2.22. The molecule has 1 aromatic heterocycles. The molecule has 1 saturated heterocycles. The van der Waals surface area contributed by atoms with Crippen molar-refractivity contribution in [3.63, 3.8) is 0 Å². The van der Waals surface area contributed by atoms with Crippen molar-refractivity contribution in [2.24, 2.45) is 0 Å². The van der Waals surface area contributed by atoms with E-state index in [1.54, 1.807) is 0 Å². The topological polar surface area (TPSA) is 31.4 Å². The number of aromatic nitrogens is 1. The maximum atomic E-state index is 13.3. The zero-order chi connectivity index (χ0) is 12.8. The van der Waals surface area contributed by atoms with Crippen molar-refractivity contribution < 1.29 is 13.9 Å². The van der Waals surface area contributed by atoms with Gasteiger partial charge in [0, 0.05) is 12.8 Å². The molecule has 0 bridgehead atoms. The molecule has 0 amide bonds. The Bertz CT molecular complexity index is 444. The summed E-state index contributed by atoms with van der Waals surface area (Å²) in [7, 11) is 0. The summed E-state index contributed by atoms with van der Waals surface area (Å²) in [4.78, 5) is 3.77. The SMILES string of the molecule is Fc1ccnc(Cl)c1C#CCOC1CCCCO1. The molecule has 1 aliphatic heterocycles. The van der Waals surface area contributed by atoms with Crippen molar-refractivity contribution in [3.05, 3.63) is 28.8 Å². The van der Waals surface area contributed by atoms with E-state index in [1.807, 2.05) is 0 Å². The molecule has 1 aromatic rings. The quantitative estimate of drug-likeness (QED) is 0.611. The third-order valence-electron chi connectivity index (χ3n) is 2.55. The van der Waals surface area contributed by atoms with Gasteiger partial charge >= 0.3 is 0 Å². The zero-order valence-electron chi connectivity index (χ0n) is 9.79. The fraction of sp³-hybridized carbons (Fsp3) is 0.462. The summed E-state index contributed by atoms with van der Waals surface area (Å²) >= 11 is 5.74. The van der Waals surface area contributed by atoms with Crippen molar-refractivity contribution in [2.75, 3.05) is 13.2 Å². The van der Waals surface area contributed by atoms with Gasteiger partial charge in [0.1, 0.15) is 17.6 Å². The molecule has 0 aliphatic carbocycles. The maximum Gasteiger partial charge on any atom is 0.158 e. The highest BCUT2D eigenvalue weighted by atomic mass is 35.5. The van der Waals surface area contributed by atoms with Crippen LogP contribution in [0.5, 0.6) is 0 Å². The van der Waals surface area contributed by atoms with Gasteiger partial charge in [0.25, 0.3) is 0 Å². The fourth-order valence-corrected chi connectivity index (χ4v) is 1.82. The van der Waals surface area contributed by atoms with Crippen molar-refractivity contribution in [3.8, 4) is 11.8 Å². The molecule has 1 atom stereocenters. The summed E-state index contributed by atoms with van der Waals surface area (Å²) in [6.45, 7) is 0.913. The van der Waals surface area contributed by atoms with Crippen LogP contribution in [0.3, 0.4) is 0 Å². The molecule has 2 heterocycles. The smallest absolute Gasteiger partial charge is 0.158 e. The first-order chi connectivity index (χ1) is 8.77. The Labute approximate surface area is 110 Å². The molecule has 1 aliphatic rings. The van der Waals surface area contributed by atoms with E-state index in [1.165, 1.54) is 12.3 Å². The fourth-order valence-electron chi connectivity index (χ4n) is 1.63. The van der Waals surface area contributed by atoms with Gasteiger partial charge < -0.3 is 9.47 Å². The molecule has 96 valence electrons. The third-order valence-corrected chi connectivity index (χ3v) is 2.83. The Morgan fingerprint density at radius 2 is 2.44 bits per heavy atom. The minimum Gasteiger partial charge on any atom is -0.353 e. The lowest BCUT2D eigenvalue weighted by Gasteiger charge is -2.21. The number of hydrogen-bond acceptors (Lipinski definition) is 3. The second-order valence-corrected chi connectivity index (χ2v) is 4.23. The minimum atomic E-state index is -0.476. The Kier molecular flexibility index (Phi) is 4.94. The van der Waals surface area contributed by atoms with Gasteiger partial charge in [0.05, 0.1) is 5.56 Å². The van der Waals surface area contributed by atoms with E-state index in [4.69, 9.17) is 21.1 Å². The standard InChI is InChI=1S/C13H13ClFNO2/c14-13-10(11(15)6-7-16-13)4-3-9-18-12-5-1-2-8-17-12/h6-7,12H,1-2,5,8-9H2. The summed E-state index contributed by atoms with van der Waals surface area (Å²) in [6.07, 6.45) is 4.16. The summed E-state index contributed by atoms with van der Waals surface area (Å²) in [5.41, 5.74) is 0.104. The highest BCUT2D eigenvalue weighted by molar-refractivity contribution is 6.30. The molecule has 0 aromatic carbocycles. The maximum absolute atomic E-state index is 13.3. The van der Waals surface area contributed by atoms with E-state index in [9.17, 15) is 4.39 Å². The predicted octanol–water partition coefficient (Wildman–Crippen LogP) is 2.77. The van der Waals surface area contributed by atoms with Crippen LogP contribution in [0.1, 0.15) is 24.8 Å². The second kappa shape index (κ2) is 6.69. The number of rotatable bonds is 2. The van der Waals surface area contributed by atoms with Crippen LogP contribution in [0.2, 0.25) is 5.15 Å². The zero-order valence-corrected chi connectivity index (χ0v) is 10.5. The van der Waals surface area contributed by atoms with Crippen molar-refractivity contribution in [2.45, 2.75) is 25.6 Å². The first-order valence-corrected chi connectivity index (χ1v) is 6.17. The van der Waals surface area contributed by atoms with Crippen LogP contribution in [0.4, 0.5) is 4.39 Å². The monoisotopic (exact) mass is 269 g/mol. The summed E-state index contributed by atoms with van der Waals surface area (Å²) in [6, 6.07) is 1.22. The predicted molar refractivity (Wildman–Crippen MR) is 65.6 cm³/mol. The molecule has 1 unspecified atom stereocenters. The molecule has 0 spiro atoms. The number of pyridine rings is 1. The number of hydrogen-bond donors (Lipinski definition) is 0. The second-order valence-electron chi connectivity index (χ2n) is 3.87. The molecule has 0 radical (unpaired) electrons. The summed E-state index contributed by atoms with van der Waals surface area (Å²) in [5.74, 6) is 4.86. The van der Waals surface area contributed by atoms with Crippen LogP contribution in [-0.2, 0) is 9.47 Å². The average molecular weight is 270 g/mol. The number of ether oxygens (including phenoxy) is 2. The van der Waals surface area contributed by atoms with Crippen molar-refractivity contribution in [1.29, 1.82) is 0 Å². The Morgan fingerprint density at radius 3 is 3.17 bits per heavy atom. The van der Waals surface area contributed by atoms with Gasteiger partial charge in [-0.3, -0.25) is 0 Å². The van der Waals surface area contributed by atoms with Crippen molar-refractivity contribution in [1.82, 2.24) is 4.98 Å². The van der Waals surface area contributed by atoms with Gasteiger partial charge in [-0.2, -0.15) is 0 Å². The van der Waals surface area contributed by atoms with E-state index in [0.29, 0.717) is 0 Å². The van der Waals surface area contributed by atoms with Crippen LogP contribution >= 0.6 is 11.6 Å². The third kappa shape index (κ3) is 3.67. The van der Waals surface area contributed by atoms with Gasteiger partial charge in [-0.25, -0.2) is 9.37 Å². The van der Waals surface area contributed by atoms with Gasteiger partial charge in [-0.05, 0) is 25.3 Å².